The van der Waals surface area contributed by atoms with Crippen molar-refractivity contribution in [2.75, 3.05) is 20.2 Å². The molecule has 1 aliphatic rings. The number of hydrogen-bond donors (Lipinski definition) is 1. The largest absolute Gasteiger partial charge is 0.395 e. The third-order valence-corrected chi connectivity index (χ3v) is 2.45. The summed E-state index contributed by atoms with van der Waals surface area (Å²) in [6, 6.07) is 0.0905. The average molecular weight is 171 g/mol. The van der Waals surface area contributed by atoms with Crippen molar-refractivity contribution >= 4 is 5.78 Å². The van der Waals surface area contributed by atoms with Crippen LogP contribution in [0, 0.1) is 5.92 Å². The van der Waals surface area contributed by atoms with Crippen LogP contribution in [0.1, 0.15) is 19.8 Å². The van der Waals surface area contributed by atoms with E-state index in [0.29, 0.717) is 18.2 Å². The Labute approximate surface area is 73.4 Å². The Kier molecular flexibility index (Phi) is 3.23. The Morgan fingerprint density at radius 3 is 2.67 bits per heavy atom. The summed E-state index contributed by atoms with van der Waals surface area (Å²) in [6.07, 6.45) is 2.14. The summed E-state index contributed by atoms with van der Waals surface area (Å²) in [5.74, 6) is 0.663. The third-order valence-electron chi connectivity index (χ3n) is 2.45. The lowest BCUT2D eigenvalue weighted by Gasteiger charge is -2.21. The van der Waals surface area contributed by atoms with Crippen LogP contribution in [0.2, 0.25) is 0 Å². The lowest BCUT2D eigenvalue weighted by atomic mass is 10.2. The summed E-state index contributed by atoms with van der Waals surface area (Å²) >= 11 is 0. The highest BCUT2D eigenvalue weighted by Crippen LogP contribution is 2.29. The molecule has 0 bridgehead atoms. The van der Waals surface area contributed by atoms with Crippen molar-refractivity contribution in [1.29, 1.82) is 0 Å². The van der Waals surface area contributed by atoms with E-state index in [1.54, 1.807) is 0 Å². The maximum absolute atomic E-state index is 11.3. The molecule has 3 heteroatoms. The fourth-order valence-corrected chi connectivity index (χ4v) is 1.08. The quantitative estimate of drug-likeness (QED) is 0.646. The monoisotopic (exact) mass is 171 g/mol. The Hall–Kier alpha value is -0.410. The highest BCUT2D eigenvalue weighted by atomic mass is 16.3. The van der Waals surface area contributed by atoms with Crippen LogP contribution in [0.25, 0.3) is 0 Å². The van der Waals surface area contributed by atoms with E-state index < -0.39 is 0 Å². The number of ketones is 1. The summed E-state index contributed by atoms with van der Waals surface area (Å²) in [5, 5.41) is 8.82. The van der Waals surface area contributed by atoms with Crippen LogP contribution in [-0.2, 0) is 4.79 Å². The predicted octanol–water partition coefficient (Wildman–Crippen LogP) is 0.278. The second-order valence-electron chi connectivity index (χ2n) is 3.69. The molecule has 1 rings (SSSR count). The number of likely N-dealkylation sites (N-methyl/N-ethyl adjacent to an activating group) is 1. The van der Waals surface area contributed by atoms with E-state index in [1.165, 1.54) is 0 Å². The van der Waals surface area contributed by atoms with E-state index in [0.717, 1.165) is 12.8 Å². The number of carbonyl (C=O) groups excluding carboxylic acids is 1. The molecule has 1 fully saturated rings. The van der Waals surface area contributed by atoms with Crippen molar-refractivity contribution in [3.8, 4) is 0 Å². The van der Waals surface area contributed by atoms with Gasteiger partial charge in [-0.2, -0.15) is 0 Å². The molecule has 1 N–H and O–H groups in total. The van der Waals surface area contributed by atoms with Gasteiger partial charge in [-0.25, -0.2) is 0 Å². The first-order chi connectivity index (χ1) is 5.65. The molecule has 1 saturated carbocycles. The molecule has 0 aromatic heterocycles. The molecule has 12 heavy (non-hydrogen) atoms. The fraction of sp³-hybridized carbons (Fsp3) is 0.889. The van der Waals surface area contributed by atoms with Crippen LogP contribution in [-0.4, -0.2) is 42.0 Å². The number of carbonyl (C=O) groups is 1. The average Bonchev–Trinajstić information content (AvgIpc) is 2.84. The van der Waals surface area contributed by atoms with Crippen molar-refractivity contribution in [3.05, 3.63) is 0 Å². The molecule has 0 aliphatic heterocycles. The zero-order valence-corrected chi connectivity index (χ0v) is 7.79. The second kappa shape index (κ2) is 4.01. The van der Waals surface area contributed by atoms with Crippen LogP contribution in [0.5, 0.6) is 0 Å². The van der Waals surface area contributed by atoms with Gasteiger partial charge < -0.3 is 5.11 Å². The zero-order valence-electron chi connectivity index (χ0n) is 7.79. The van der Waals surface area contributed by atoms with E-state index in [9.17, 15) is 4.79 Å². The molecule has 1 aliphatic carbocycles. The van der Waals surface area contributed by atoms with E-state index in [1.807, 2.05) is 18.9 Å². The van der Waals surface area contributed by atoms with Gasteiger partial charge in [0, 0.05) is 12.0 Å². The van der Waals surface area contributed by atoms with Crippen molar-refractivity contribution < 1.29 is 9.90 Å². The summed E-state index contributed by atoms with van der Waals surface area (Å²) in [4.78, 5) is 13.2. The Bertz CT molecular complexity index is 166. The lowest BCUT2D eigenvalue weighted by molar-refractivity contribution is -0.121. The standard InChI is InChI=1S/C9H17NO2/c1-7(6-11)10(2)5-9(12)8-3-4-8/h7-8,11H,3-6H2,1-2H3. The first-order valence-corrected chi connectivity index (χ1v) is 4.49. The number of nitrogens with zero attached hydrogens (tertiary/aromatic N) is 1. The smallest absolute Gasteiger partial charge is 0.149 e. The van der Waals surface area contributed by atoms with Gasteiger partial charge in [-0.1, -0.05) is 0 Å². The van der Waals surface area contributed by atoms with E-state index >= 15 is 0 Å². The zero-order chi connectivity index (χ0) is 9.14. The maximum atomic E-state index is 11.3. The van der Waals surface area contributed by atoms with Crippen LogP contribution < -0.4 is 0 Å². The molecule has 0 saturated heterocycles. The van der Waals surface area contributed by atoms with Crippen LogP contribution in [0.15, 0.2) is 0 Å². The van der Waals surface area contributed by atoms with Gasteiger partial charge in [0.15, 0.2) is 0 Å². The molecule has 0 radical (unpaired) electrons. The third kappa shape index (κ3) is 2.57. The number of hydrogen-bond acceptors (Lipinski definition) is 3. The number of aliphatic hydroxyl groups is 1. The SMILES string of the molecule is CC(CO)N(C)CC(=O)C1CC1. The van der Waals surface area contributed by atoms with Crippen molar-refractivity contribution in [2.24, 2.45) is 5.92 Å². The molecular weight excluding hydrogens is 154 g/mol. The lowest BCUT2D eigenvalue weighted by Crippen LogP contribution is -2.36. The molecule has 0 spiro atoms. The van der Waals surface area contributed by atoms with Gasteiger partial charge in [-0.05, 0) is 26.8 Å². The minimum Gasteiger partial charge on any atom is -0.395 e. The van der Waals surface area contributed by atoms with Gasteiger partial charge in [0.1, 0.15) is 5.78 Å². The maximum Gasteiger partial charge on any atom is 0.149 e. The van der Waals surface area contributed by atoms with Gasteiger partial charge in [0.25, 0.3) is 0 Å². The first kappa shape index (κ1) is 9.68. The van der Waals surface area contributed by atoms with Gasteiger partial charge >= 0.3 is 0 Å². The molecule has 70 valence electrons. The summed E-state index contributed by atoms with van der Waals surface area (Å²) in [7, 11) is 1.88. The van der Waals surface area contributed by atoms with E-state index in [4.69, 9.17) is 5.11 Å². The topological polar surface area (TPSA) is 40.5 Å². The summed E-state index contributed by atoms with van der Waals surface area (Å²) < 4.78 is 0. The highest BCUT2D eigenvalue weighted by molar-refractivity contribution is 5.84. The Morgan fingerprint density at radius 1 is 1.67 bits per heavy atom. The van der Waals surface area contributed by atoms with Crippen molar-refractivity contribution in [1.82, 2.24) is 4.90 Å². The summed E-state index contributed by atoms with van der Waals surface area (Å²) in [5.41, 5.74) is 0. The van der Waals surface area contributed by atoms with Crippen LogP contribution >= 0.6 is 0 Å². The van der Waals surface area contributed by atoms with E-state index in [-0.39, 0.29) is 12.6 Å². The first-order valence-electron chi connectivity index (χ1n) is 4.49. The predicted molar refractivity (Wildman–Crippen MR) is 46.9 cm³/mol. The fourth-order valence-electron chi connectivity index (χ4n) is 1.08. The number of Topliss-reactive ketones (excluding diaryl/α,β-unsaturated/α-hetero) is 1. The van der Waals surface area contributed by atoms with E-state index in [2.05, 4.69) is 0 Å². The molecule has 3 nitrogen and oxygen atoms in total. The molecule has 0 aromatic rings. The molecular formula is C9H17NO2. The summed E-state index contributed by atoms with van der Waals surface area (Å²) in [6.45, 7) is 2.53. The minimum atomic E-state index is 0.0905. The Morgan fingerprint density at radius 2 is 2.25 bits per heavy atom. The molecule has 0 amide bonds. The Balaban J connectivity index is 2.24. The molecule has 0 heterocycles. The van der Waals surface area contributed by atoms with Gasteiger partial charge in [-0.3, -0.25) is 9.69 Å². The highest BCUT2D eigenvalue weighted by Gasteiger charge is 2.30. The minimum absolute atomic E-state index is 0.0905. The second-order valence-corrected chi connectivity index (χ2v) is 3.69. The van der Waals surface area contributed by atoms with Gasteiger partial charge in [0.05, 0.1) is 13.2 Å². The number of aliphatic hydroxyl groups excluding tert-OH is 1. The number of rotatable bonds is 5. The van der Waals surface area contributed by atoms with Gasteiger partial charge in [0.2, 0.25) is 0 Å². The molecule has 1 atom stereocenters. The van der Waals surface area contributed by atoms with Gasteiger partial charge in [-0.15, -0.1) is 0 Å². The van der Waals surface area contributed by atoms with Crippen molar-refractivity contribution in [2.45, 2.75) is 25.8 Å². The normalized spacial score (nSPS) is 19.7. The van der Waals surface area contributed by atoms with Crippen LogP contribution in [0.3, 0.4) is 0 Å². The van der Waals surface area contributed by atoms with Crippen molar-refractivity contribution in [3.63, 3.8) is 0 Å². The molecule has 1 unspecified atom stereocenters. The van der Waals surface area contributed by atoms with Crippen LogP contribution in [0.4, 0.5) is 0 Å². The molecule has 0 aromatic carbocycles.